The molecule has 0 aliphatic rings. The minimum atomic E-state index is -0.899. The number of anilines is 1. The van der Waals surface area contributed by atoms with Crippen LogP contribution in [-0.4, -0.2) is 24.6 Å². The van der Waals surface area contributed by atoms with Crippen molar-refractivity contribution >= 4 is 17.6 Å². The lowest BCUT2D eigenvalue weighted by atomic mass is 10.2. The van der Waals surface area contributed by atoms with Crippen LogP contribution >= 0.6 is 0 Å². The van der Waals surface area contributed by atoms with Crippen molar-refractivity contribution in [3.8, 4) is 5.75 Å². The Kier molecular flexibility index (Phi) is 5.95. The quantitative estimate of drug-likeness (QED) is 0.824. The second-order valence-corrected chi connectivity index (χ2v) is 5.31. The Balaban J connectivity index is 1.95. The maximum absolute atomic E-state index is 12.2. The number of hydrogen-bond donors (Lipinski definition) is 1. The van der Waals surface area contributed by atoms with Gasteiger partial charge in [-0.1, -0.05) is 18.2 Å². The maximum atomic E-state index is 12.2. The van der Waals surface area contributed by atoms with Gasteiger partial charge < -0.3 is 14.8 Å². The van der Waals surface area contributed by atoms with E-state index in [1.807, 2.05) is 32.0 Å². The third kappa shape index (κ3) is 4.59. The number of ether oxygens (including phenoxy) is 2. The fraction of sp³-hybridized carbons (Fsp3) is 0.263. The lowest BCUT2D eigenvalue weighted by Gasteiger charge is -2.14. The summed E-state index contributed by atoms with van der Waals surface area (Å²) >= 11 is 0. The predicted octanol–water partition coefficient (Wildman–Crippen LogP) is 3.58. The zero-order chi connectivity index (χ0) is 17.5. The number of carbonyl (C=O) groups is 2. The van der Waals surface area contributed by atoms with Crippen molar-refractivity contribution in [3.63, 3.8) is 0 Å². The number of esters is 1. The van der Waals surface area contributed by atoms with Crippen LogP contribution in [0, 0.1) is 6.92 Å². The van der Waals surface area contributed by atoms with Crippen molar-refractivity contribution in [2.75, 3.05) is 11.9 Å². The minimum Gasteiger partial charge on any atom is -0.494 e. The van der Waals surface area contributed by atoms with Crippen molar-refractivity contribution in [1.29, 1.82) is 0 Å². The molecule has 2 aromatic rings. The average molecular weight is 327 g/mol. The summed E-state index contributed by atoms with van der Waals surface area (Å²) < 4.78 is 10.5. The standard InChI is InChI=1S/C19H21NO4/c1-4-23-16-11-9-15(10-12-16)19(22)24-14(3)18(21)20-17-8-6-5-7-13(17)2/h5-12,14H,4H2,1-3H3,(H,20,21)/t14-/m0/s1. The van der Waals surface area contributed by atoms with E-state index < -0.39 is 12.1 Å². The number of benzene rings is 2. The fourth-order valence-electron chi connectivity index (χ4n) is 2.08. The van der Waals surface area contributed by atoms with Gasteiger partial charge in [-0.15, -0.1) is 0 Å². The van der Waals surface area contributed by atoms with Crippen LogP contribution in [0.15, 0.2) is 48.5 Å². The number of aryl methyl sites for hydroxylation is 1. The highest BCUT2D eigenvalue weighted by atomic mass is 16.5. The molecule has 0 aliphatic carbocycles. The van der Waals surface area contributed by atoms with Crippen LogP contribution in [0.25, 0.3) is 0 Å². The van der Waals surface area contributed by atoms with Gasteiger partial charge >= 0.3 is 5.97 Å². The van der Waals surface area contributed by atoms with E-state index in [9.17, 15) is 9.59 Å². The van der Waals surface area contributed by atoms with E-state index in [0.717, 1.165) is 5.56 Å². The van der Waals surface area contributed by atoms with E-state index in [4.69, 9.17) is 9.47 Å². The fourth-order valence-corrected chi connectivity index (χ4v) is 2.08. The van der Waals surface area contributed by atoms with Crippen LogP contribution in [0.4, 0.5) is 5.69 Å². The molecule has 126 valence electrons. The van der Waals surface area contributed by atoms with Gasteiger partial charge in [0.2, 0.25) is 0 Å². The monoisotopic (exact) mass is 327 g/mol. The van der Waals surface area contributed by atoms with Crippen molar-refractivity contribution in [1.82, 2.24) is 0 Å². The first-order chi connectivity index (χ1) is 11.5. The SMILES string of the molecule is CCOc1ccc(C(=O)O[C@@H](C)C(=O)Nc2ccccc2C)cc1. The van der Waals surface area contributed by atoms with Gasteiger partial charge in [-0.25, -0.2) is 4.79 Å². The molecule has 1 atom stereocenters. The van der Waals surface area contributed by atoms with Crippen LogP contribution in [0.5, 0.6) is 5.75 Å². The molecule has 0 saturated carbocycles. The van der Waals surface area contributed by atoms with Gasteiger partial charge in [-0.05, 0) is 56.7 Å². The predicted molar refractivity (Wildman–Crippen MR) is 92.3 cm³/mol. The summed E-state index contributed by atoms with van der Waals surface area (Å²) in [6.45, 7) is 5.88. The van der Waals surface area contributed by atoms with Crippen LogP contribution in [0.2, 0.25) is 0 Å². The highest BCUT2D eigenvalue weighted by Gasteiger charge is 2.19. The number of hydrogen-bond acceptors (Lipinski definition) is 4. The van der Waals surface area contributed by atoms with Crippen molar-refractivity contribution in [2.45, 2.75) is 26.9 Å². The smallest absolute Gasteiger partial charge is 0.338 e. The first kappa shape index (κ1) is 17.5. The summed E-state index contributed by atoms with van der Waals surface area (Å²) in [6.07, 6.45) is -0.899. The lowest BCUT2D eigenvalue weighted by Crippen LogP contribution is -2.30. The number of rotatable bonds is 6. The first-order valence-electron chi connectivity index (χ1n) is 7.81. The molecular weight excluding hydrogens is 306 g/mol. The molecule has 1 amide bonds. The van der Waals surface area contributed by atoms with Gasteiger partial charge in [-0.3, -0.25) is 4.79 Å². The van der Waals surface area contributed by atoms with Crippen LogP contribution < -0.4 is 10.1 Å². The zero-order valence-electron chi connectivity index (χ0n) is 14.0. The summed E-state index contributed by atoms with van der Waals surface area (Å²) in [5, 5.41) is 2.76. The first-order valence-corrected chi connectivity index (χ1v) is 7.81. The Hall–Kier alpha value is -2.82. The molecule has 24 heavy (non-hydrogen) atoms. The van der Waals surface area contributed by atoms with Gasteiger partial charge in [0.25, 0.3) is 5.91 Å². The van der Waals surface area contributed by atoms with E-state index in [2.05, 4.69) is 5.32 Å². The molecule has 0 fully saturated rings. The topological polar surface area (TPSA) is 64.6 Å². The average Bonchev–Trinajstić information content (AvgIpc) is 2.57. The molecule has 5 nitrogen and oxygen atoms in total. The zero-order valence-corrected chi connectivity index (χ0v) is 14.0. The van der Waals surface area contributed by atoms with E-state index in [1.165, 1.54) is 0 Å². The van der Waals surface area contributed by atoms with E-state index >= 15 is 0 Å². The van der Waals surface area contributed by atoms with Crippen molar-refractivity contribution < 1.29 is 19.1 Å². The van der Waals surface area contributed by atoms with Crippen LogP contribution in [-0.2, 0) is 9.53 Å². The van der Waals surface area contributed by atoms with E-state index in [1.54, 1.807) is 37.3 Å². The molecule has 1 N–H and O–H groups in total. The summed E-state index contributed by atoms with van der Waals surface area (Å²) in [6, 6.07) is 14.0. The van der Waals surface area contributed by atoms with Gasteiger partial charge in [0.1, 0.15) is 5.75 Å². The number of para-hydroxylation sites is 1. The molecule has 0 radical (unpaired) electrons. The summed E-state index contributed by atoms with van der Waals surface area (Å²) in [7, 11) is 0. The number of carbonyl (C=O) groups excluding carboxylic acids is 2. The molecule has 0 spiro atoms. The molecule has 0 aliphatic heterocycles. The second kappa shape index (κ2) is 8.15. The summed E-state index contributed by atoms with van der Waals surface area (Å²) in [5.74, 6) is -0.242. The molecule has 0 unspecified atom stereocenters. The Morgan fingerprint density at radius 3 is 2.38 bits per heavy atom. The number of amides is 1. The van der Waals surface area contributed by atoms with Gasteiger partial charge in [0.15, 0.2) is 6.10 Å². The molecule has 0 bridgehead atoms. The molecule has 5 heteroatoms. The third-order valence-corrected chi connectivity index (χ3v) is 3.46. The summed E-state index contributed by atoms with van der Waals surface area (Å²) in [5.41, 5.74) is 2.01. The third-order valence-electron chi connectivity index (χ3n) is 3.46. The normalized spacial score (nSPS) is 11.5. The van der Waals surface area contributed by atoms with Crippen molar-refractivity contribution in [3.05, 3.63) is 59.7 Å². The van der Waals surface area contributed by atoms with Crippen LogP contribution in [0.1, 0.15) is 29.8 Å². The van der Waals surface area contributed by atoms with Gasteiger partial charge in [-0.2, -0.15) is 0 Å². The second-order valence-electron chi connectivity index (χ2n) is 5.31. The Morgan fingerprint density at radius 2 is 1.75 bits per heavy atom. The molecule has 0 heterocycles. The molecular formula is C19H21NO4. The van der Waals surface area contributed by atoms with Crippen LogP contribution in [0.3, 0.4) is 0 Å². The largest absolute Gasteiger partial charge is 0.494 e. The highest BCUT2D eigenvalue weighted by Crippen LogP contribution is 2.15. The highest BCUT2D eigenvalue weighted by molar-refractivity contribution is 5.97. The molecule has 0 aromatic heterocycles. The van der Waals surface area contributed by atoms with E-state index in [-0.39, 0.29) is 5.91 Å². The lowest BCUT2D eigenvalue weighted by molar-refractivity contribution is -0.123. The Labute approximate surface area is 141 Å². The Bertz CT molecular complexity index is 710. The molecule has 2 rings (SSSR count). The molecule has 2 aromatic carbocycles. The van der Waals surface area contributed by atoms with Gasteiger partial charge in [0, 0.05) is 5.69 Å². The molecule has 0 saturated heterocycles. The van der Waals surface area contributed by atoms with Gasteiger partial charge in [0.05, 0.1) is 12.2 Å². The maximum Gasteiger partial charge on any atom is 0.338 e. The Morgan fingerprint density at radius 1 is 1.08 bits per heavy atom. The van der Waals surface area contributed by atoms with Crippen molar-refractivity contribution in [2.24, 2.45) is 0 Å². The summed E-state index contributed by atoms with van der Waals surface area (Å²) in [4.78, 5) is 24.3. The van der Waals surface area contributed by atoms with E-state index in [0.29, 0.717) is 23.6 Å². The minimum absolute atomic E-state index is 0.369. The number of nitrogens with one attached hydrogen (secondary N) is 1.